The number of piperidine rings is 1. The lowest BCUT2D eigenvalue weighted by Gasteiger charge is -2.34. The molecule has 1 amide bonds. The zero-order valence-corrected chi connectivity index (χ0v) is 26.4. The maximum atomic E-state index is 12.5. The number of pyridine rings is 1. The first-order valence-electron chi connectivity index (χ1n) is 16.1. The highest BCUT2D eigenvalue weighted by Gasteiger charge is 2.27. The van der Waals surface area contributed by atoms with E-state index in [1.165, 1.54) is 5.56 Å². The van der Waals surface area contributed by atoms with E-state index in [-0.39, 0.29) is 13.2 Å². The average Bonchev–Trinajstić information content (AvgIpc) is 3.07. The highest BCUT2D eigenvalue weighted by molar-refractivity contribution is 5.85. The van der Waals surface area contributed by atoms with Crippen molar-refractivity contribution < 1.29 is 19.4 Å². The van der Waals surface area contributed by atoms with Crippen molar-refractivity contribution in [1.82, 2.24) is 20.3 Å². The van der Waals surface area contributed by atoms with Gasteiger partial charge in [0.25, 0.3) is 0 Å². The predicted molar refractivity (Wildman–Crippen MR) is 179 cm³/mol. The van der Waals surface area contributed by atoms with Crippen LogP contribution in [0.2, 0.25) is 0 Å². The summed E-state index contributed by atoms with van der Waals surface area (Å²) in [5.74, 6) is 2.22. The molecule has 240 valence electrons. The van der Waals surface area contributed by atoms with Gasteiger partial charge in [0.05, 0.1) is 6.61 Å². The lowest BCUT2D eigenvalue weighted by Crippen LogP contribution is -2.45. The molecule has 1 fully saturated rings. The summed E-state index contributed by atoms with van der Waals surface area (Å²) >= 11 is 0. The number of benzene rings is 2. The Labute approximate surface area is 268 Å². The van der Waals surface area contributed by atoms with Gasteiger partial charge in [0.1, 0.15) is 29.3 Å². The number of carbonyl (C=O) groups excluding carboxylic acids is 1. The monoisotopic (exact) mass is 623 g/mol. The number of carboxylic acids is 1. The van der Waals surface area contributed by atoms with E-state index >= 15 is 0 Å². The van der Waals surface area contributed by atoms with Crippen LogP contribution in [0.15, 0.2) is 54.6 Å². The van der Waals surface area contributed by atoms with Crippen LogP contribution in [0.1, 0.15) is 53.4 Å². The molecule has 2 aliphatic rings. The van der Waals surface area contributed by atoms with Crippen LogP contribution in [-0.2, 0) is 22.4 Å². The summed E-state index contributed by atoms with van der Waals surface area (Å²) in [7, 11) is 0. The van der Waals surface area contributed by atoms with Gasteiger partial charge in [-0.15, -0.1) is 0 Å². The second kappa shape index (κ2) is 14.0. The molecule has 0 spiro atoms. The average molecular weight is 624 g/mol. The Morgan fingerprint density at radius 3 is 2.67 bits per heavy atom. The van der Waals surface area contributed by atoms with Crippen molar-refractivity contribution in [2.75, 3.05) is 48.3 Å². The van der Waals surface area contributed by atoms with Crippen LogP contribution in [0, 0.1) is 13.8 Å². The Kier molecular flexibility index (Phi) is 9.46. The molecule has 6 rings (SSSR count). The number of nitrogens with zero attached hydrogens (tertiary/aromatic N) is 4. The molecule has 2 aliphatic heterocycles. The Morgan fingerprint density at radius 1 is 1.04 bits per heavy atom. The summed E-state index contributed by atoms with van der Waals surface area (Å²) in [6.07, 6.45) is 3.89. The molecule has 0 radical (unpaired) electrons. The Hall–Kier alpha value is -4.93. The molecular formula is C35H41N7O4. The highest BCUT2D eigenvalue weighted by Crippen LogP contribution is 2.33. The van der Waals surface area contributed by atoms with Crippen molar-refractivity contribution in [3.8, 4) is 0 Å². The molecule has 2 aromatic carbocycles. The number of aromatic nitrogens is 3. The summed E-state index contributed by atoms with van der Waals surface area (Å²) in [4.78, 5) is 41.1. The quantitative estimate of drug-likeness (QED) is 0.186. The van der Waals surface area contributed by atoms with Crippen molar-refractivity contribution in [3.05, 3.63) is 82.8 Å². The summed E-state index contributed by atoms with van der Waals surface area (Å²) in [6, 6.07) is 17.2. The molecule has 0 saturated carbocycles. The number of hydrogen-bond acceptors (Lipinski definition) is 9. The second-order valence-corrected chi connectivity index (χ2v) is 12.0. The molecule has 1 atom stereocenters. The first-order valence-corrected chi connectivity index (χ1v) is 16.1. The molecule has 11 nitrogen and oxygen atoms in total. The maximum Gasteiger partial charge on any atom is 0.407 e. The van der Waals surface area contributed by atoms with Gasteiger partial charge in [0.15, 0.2) is 0 Å². The fourth-order valence-corrected chi connectivity index (χ4v) is 6.40. The van der Waals surface area contributed by atoms with Gasteiger partial charge < -0.3 is 30.7 Å². The first kappa shape index (κ1) is 31.1. The smallest absolute Gasteiger partial charge is 0.407 e. The van der Waals surface area contributed by atoms with E-state index in [1.54, 1.807) is 0 Å². The number of carbonyl (C=O) groups is 2. The molecule has 0 bridgehead atoms. The van der Waals surface area contributed by atoms with E-state index in [1.807, 2.05) is 56.3 Å². The second-order valence-electron chi connectivity index (χ2n) is 12.0. The van der Waals surface area contributed by atoms with Gasteiger partial charge in [0.2, 0.25) is 0 Å². The molecule has 4 heterocycles. The van der Waals surface area contributed by atoms with Crippen LogP contribution in [0.25, 0.3) is 10.8 Å². The summed E-state index contributed by atoms with van der Waals surface area (Å²) < 4.78 is 5.36. The minimum atomic E-state index is -1.21. The Balaban J connectivity index is 1.03. The number of hydrogen-bond donors (Lipinski definition) is 4. The summed E-state index contributed by atoms with van der Waals surface area (Å²) in [6.45, 7) is 6.46. The predicted octanol–water partition coefficient (Wildman–Crippen LogP) is 5.22. The van der Waals surface area contributed by atoms with E-state index in [0.29, 0.717) is 24.0 Å². The molecule has 4 N–H and O–H groups in total. The molecule has 11 heteroatoms. The maximum absolute atomic E-state index is 12.5. The lowest BCUT2D eigenvalue weighted by atomic mass is 9.92. The van der Waals surface area contributed by atoms with Crippen LogP contribution in [0.3, 0.4) is 0 Å². The third-order valence-electron chi connectivity index (χ3n) is 8.91. The molecule has 0 unspecified atom stereocenters. The van der Waals surface area contributed by atoms with Crippen LogP contribution in [0.5, 0.6) is 0 Å². The molecule has 46 heavy (non-hydrogen) atoms. The number of aliphatic carboxylic acids is 1. The van der Waals surface area contributed by atoms with Gasteiger partial charge in [-0.05, 0) is 67.5 Å². The SMILES string of the molecule is Cc1nc(NC[C@H](NC(=O)OCCc2cccc3ccccc23)C(=O)O)c(C)c(N2CCC(c3ccc4c(n3)NCCC4)CC2)n1. The largest absolute Gasteiger partial charge is 0.480 e. The molecule has 2 aromatic heterocycles. The highest BCUT2D eigenvalue weighted by atomic mass is 16.5. The van der Waals surface area contributed by atoms with Gasteiger partial charge in [-0.25, -0.2) is 24.5 Å². The third-order valence-corrected chi connectivity index (χ3v) is 8.91. The van der Waals surface area contributed by atoms with Gasteiger partial charge in [-0.1, -0.05) is 48.5 Å². The summed E-state index contributed by atoms with van der Waals surface area (Å²) in [5.41, 5.74) is 4.34. The van der Waals surface area contributed by atoms with Gasteiger partial charge >= 0.3 is 12.1 Å². The number of carboxylic acid groups (broad SMARTS) is 1. The minimum absolute atomic E-state index is 0.0649. The number of rotatable bonds is 10. The number of alkyl carbamates (subject to hydrolysis) is 1. The number of amides is 1. The fourth-order valence-electron chi connectivity index (χ4n) is 6.40. The zero-order valence-electron chi connectivity index (χ0n) is 26.4. The Morgan fingerprint density at radius 2 is 1.85 bits per heavy atom. The number of nitrogens with one attached hydrogen (secondary N) is 3. The van der Waals surface area contributed by atoms with E-state index in [0.717, 1.165) is 84.5 Å². The third kappa shape index (κ3) is 7.14. The molecule has 1 saturated heterocycles. The normalized spacial score (nSPS) is 15.5. The van der Waals surface area contributed by atoms with Crippen LogP contribution in [0.4, 0.5) is 22.2 Å². The van der Waals surface area contributed by atoms with Crippen molar-refractivity contribution in [2.45, 2.75) is 57.9 Å². The zero-order chi connectivity index (χ0) is 32.0. The van der Waals surface area contributed by atoms with E-state index in [2.05, 4.69) is 38.0 Å². The van der Waals surface area contributed by atoms with Crippen molar-refractivity contribution in [2.24, 2.45) is 0 Å². The van der Waals surface area contributed by atoms with E-state index in [4.69, 9.17) is 14.7 Å². The number of anilines is 3. The summed E-state index contributed by atoms with van der Waals surface area (Å²) in [5, 5.41) is 21.1. The van der Waals surface area contributed by atoms with Crippen molar-refractivity contribution >= 4 is 40.3 Å². The lowest BCUT2D eigenvalue weighted by molar-refractivity contribution is -0.138. The molecule has 4 aromatic rings. The standard InChI is InChI=1S/C35H41N7O4/c1-22-31(37-21-30(34(43)44)41-35(45)46-20-16-25-9-5-8-24-7-3-4-11-28(24)25)38-23(2)39-33(22)42-18-14-26(15-19-42)29-13-12-27-10-6-17-36-32(27)40-29/h3-5,7-9,11-13,26,30H,6,10,14-21H2,1-2H3,(H,36,40)(H,41,45)(H,43,44)(H,37,38,39)/t30-/m0/s1. The first-order chi connectivity index (χ1) is 22.4. The fraction of sp³-hybridized carbons (Fsp3) is 0.400. The Bertz CT molecular complexity index is 1720. The van der Waals surface area contributed by atoms with Crippen LogP contribution in [-0.4, -0.2) is 70.9 Å². The van der Waals surface area contributed by atoms with Gasteiger partial charge in [-0.3, -0.25) is 0 Å². The number of aryl methyl sites for hydroxylation is 2. The van der Waals surface area contributed by atoms with Crippen LogP contribution < -0.4 is 20.9 Å². The molecule has 0 aliphatic carbocycles. The van der Waals surface area contributed by atoms with Crippen molar-refractivity contribution in [1.29, 1.82) is 0 Å². The van der Waals surface area contributed by atoms with E-state index < -0.39 is 18.1 Å². The van der Waals surface area contributed by atoms with E-state index in [9.17, 15) is 14.7 Å². The van der Waals surface area contributed by atoms with Gasteiger partial charge in [-0.2, -0.15) is 0 Å². The van der Waals surface area contributed by atoms with Gasteiger partial charge in [0, 0.05) is 49.8 Å². The van der Waals surface area contributed by atoms with Crippen molar-refractivity contribution in [3.63, 3.8) is 0 Å². The minimum Gasteiger partial charge on any atom is -0.480 e. The number of fused-ring (bicyclic) bond motifs is 2. The topological polar surface area (TPSA) is 142 Å². The number of ether oxygens (including phenoxy) is 1. The molecular weight excluding hydrogens is 582 g/mol. The van der Waals surface area contributed by atoms with Crippen LogP contribution >= 0.6 is 0 Å².